The zero-order valence-corrected chi connectivity index (χ0v) is 16.4. The molecule has 2 heterocycles. The number of para-hydroxylation sites is 1. The highest BCUT2D eigenvalue weighted by Crippen LogP contribution is 2.37. The van der Waals surface area contributed by atoms with Gasteiger partial charge in [0.1, 0.15) is 11.2 Å². The molecule has 140 valence electrons. The summed E-state index contributed by atoms with van der Waals surface area (Å²) < 4.78 is 5.83. The fourth-order valence-corrected chi connectivity index (χ4v) is 3.83. The molecule has 2 aromatic heterocycles. The second kappa shape index (κ2) is 7.78. The van der Waals surface area contributed by atoms with E-state index in [0.29, 0.717) is 5.88 Å². The number of amides is 1. The minimum atomic E-state index is -0.148. The molecule has 0 saturated carbocycles. The van der Waals surface area contributed by atoms with E-state index in [9.17, 15) is 4.79 Å². The molecule has 4 rings (SSSR count). The largest absolute Gasteiger partial charge is 0.467 e. The van der Waals surface area contributed by atoms with Gasteiger partial charge in [0.15, 0.2) is 6.61 Å². The van der Waals surface area contributed by atoms with E-state index in [1.807, 2.05) is 30.3 Å². The van der Waals surface area contributed by atoms with Gasteiger partial charge >= 0.3 is 0 Å². The minimum Gasteiger partial charge on any atom is -0.467 e. The number of anilines is 1. The van der Waals surface area contributed by atoms with Gasteiger partial charge in [-0.2, -0.15) is 0 Å². The van der Waals surface area contributed by atoms with Crippen LogP contribution in [0.3, 0.4) is 0 Å². The number of carbonyl (C=O) groups excluding carboxylic acids is 1. The predicted molar refractivity (Wildman–Crippen MR) is 113 cm³/mol. The van der Waals surface area contributed by atoms with E-state index in [-0.39, 0.29) is 12.5 Å². The summed E-state index contributed by atoms with van der Waals surface area (Å²) in [4.78, 5) is 23.6. The summed E-state index contributed by atoms with van der Waals surface area (Å²) in [5.41, 5.74) is 4.11. The lowest BCUT2D eigenvalue weighted by Crippen LogP contribution is -2.31. The molecule has 0 bridgehead atoms. The monoisotopic (exact) mass is 389 g/mol. The Balaban J connectivity index is 1.60. The zero-order chi connectivity index (χ0) is 19.5. The van der Waals surface area contributed by atoms with Crippen LogP contribution in [-0.2, 0) is 4.79 Å². The number of aryl methyl sites for hydroxylation is 1. The first-order valence-corrected chi connectivity index (χ1v) is 9.75. The molecular formula is C22H19N3O2S. The summed E-state index contributed by atoms with van der Waals surface area (Å²) in [6.45, 7) is 1.96. The van der Waals surface area contributed by atoms with Gasteiger partial charge in [0.25, 0.3) is 5.91 Å². The number of carbonyl (C=O) groups is 1. The maximum atomic E-state index is 12.5. The fraction of sp³-hybridized carbons (Fsp3) is 0.136. The minimum absolute atomic E-state index is 0.0965. The van der Waals surface area contributed by atoms with Gasteiger partial charge in [0.2, 0.25) is 5.88 Å². The molecule has 2 aromatic carbocycles. The van der Waals surface area contributed by atoms with E-state index in [0.717, 1.165) is 27.0 Å². The van der Waals surface area contributed by atoms with Crippen molar-refractivity contribution in [1.29, 1.82) is 0 Å². The van der Waals surface area contributed by atoms with Gasteiger partial charge in [-0.15, -0.1) is 11.3 Å². The van der Waals surface area contributed by atoms with Crippen molar-refractivity contribution in [2.24, 2.45) is 0 Å². The van der Waals surface area contributed by atoms with Gasteiger partial charge in [0.05, 0.1) is 5.39 Å². The standard InChI is InChI=1S/C22H19N3O2S/c1-15-8-10-16(11-9-15)18-13-28-22-20(18)21(23-14-24-22)27-12-19(26)25(2)17-6-4-3-5-7-17/h3-11,13-14H,12H2,1-2H3. The number of fused-ring (bicyclic) bond motifs is 1. The lowest BCUT2D eigenvalue weighted by atomic mass is 10.0. The van der Waals surface area contributed by atoms with Crippen LogP contribution < -0.4 is 9.64 Å². The van der Waals surface area contributed by atoms with Crippen LogP contribution in [-0.4, -0.2) is 29.5 Å². The van der Waals surface area contributed by atoms with Crippen molar-refractivity contribution < 1.29 is 9.53 Å². The molecule has 28 heavy (non-hydrogen) atoms. The Morgan fingerprint density at radius 1 is 1.07 bits per heavy atom. The molecule has 4 aromatic rings. The van der Waals surface area contributed by atoms with Crippen molar-refractivity contribution in [3.63, 3.8) is 0 Å². The number of nitrogens with zero attached hydrogens (tertiary/aromatic N) is 3. The topological polar surface area (TPSA) is 55.3 Å². The van der Waals surface area contributed by atoms with Crippen LogP contribution in [0.15, 0.2) is 66.3 Å². The Morgan fingerprint density at radius 2 is 1.82 bits per heavy atom. The van der Waals surface area contributed by atoms with Crippen LogP contribution in [0.1, 0.15) is 5.56 Å². The lowest BCUT2D eigenvalue weighted by Gasteiger charge is -2.17. The molecule has 0 unspecified atom stereocenters. The number of aromatic nitrogens is 2. The average Bonchev–Trinajstić information content (AvgIpc) is 3.17. The molecule has 6 heteroatoms. The number of rotatable bonds is 5. The van der Waals surface area contributed by atoms with Crippen molar-refractivity contribution in [1.82, 2.24) is 9.97 Å². The maximum Gasteiger partial charge on any atom is 0.264 e. The fourth-order valence-electron chi connectivity index (χ4n) is 2.93. The molecule has 5 nitrogen and oxygen atoms in total. The highest BCUT2D eigenvalue weighted by Gasteiger charge is 2.17. The van der Waals surface area contributed by atoms with E-state index >= 15 is 0 Å². The van der Waals surface area contributed by atoms with E-state index in [1.54, 1.807) is 11.9 Å². The van der Waals surface area contributed by atoms with Crippen molar-refractivity contribution in [2.45, 2.75) is 6.92 Å². The highest BCUT2D eigenvalue weighted by atomic mass is 32.1. The summed E-state index contributed by atoms with van der Waals surface area (Å²) in [6, 6.07) is 17.8. The van der Waals surface area contributed by atoms with Gasteiger partial charge in [-0.25, -0.2) is 9.97 Å². The second-order valence-electron chi connectivity index (χ2n) is 6.45. The summed E-state index contributed by atoms with van der Waals surface area (Å²) in [6.07, 6.45) is 1.47. The SMILES string of the molecule is Cc1ccc(-c2csc3ncnc(OCC(=O)N(C)c4ccccc4)c23)cc1. The van der Waals surface area contributed by atoms with Gasteiger partial charge in [0, 0.05) is 23.7 Å². The number of hydrogen-bond acceptors (Lipinski definition) is 5. The van der Waals surface area contributed by atoms with Crippen LogP contribution in [0.4, 0.5) is 5.69 Å². The summed E-state index contributed by atoms with van der Waals surface area (Å²) in [5.74, 6) is 0.279. The third kappa shape index (κ3) is 3.59. The van der Waals surface area contributed by atoms with Gasteiger partial charge < -0.3 is 9.64 Å². The molecule has 0 fully saturated rings. The molecular weight excluding hydrogens is 370 g/mol. The Morgan fingerprint density at radius 3 is 2.57 bits per heavy atom. The quantitative estimate of drug-likeness (QED) is 0.496. The number of ether oxygens (including phenoxy) is 1. The third-order valence-electron chi connectivity index (χ3n) is 4.55. The van der Waals surface area contributed by atoms with Crippen molar-refractivity contribution in [3.05, 3.63) is 71.9 Å². The van der Waals surface area contributed by atoms with Crippen LogP contribution >= 0.6 is 11.3 Å². The Labute approximate surface area is 167 Å². The highest BCUT2D eigenvalue weighted by molar-refractivity contribution is 7.17. The van der Waals surface area contributed by atoms with E-state index < -0.39 is 0 Å². The molecule has 0 aliphatic carbocycles. The first kappa shape index (κ1) is 18.1. The molecule has 0 aliphatic rings. The smallest absolute Gasteiger partial charge is 0.264 e. The predicted octanol–water partition coefficient (Wildman–Crippen LogP) is 4.71. The van der Waals surface area contributed by atoms with Crippen molar-refractivity contribution >= 4 is 33.1 Å². The van der Waals surface area contributed by atoms with Crippen molar-refractivity contribution in [3.8, 4) is 17.0 Å². The average molecular weight is 389 g/mol. The molecule has 0 atom stereocenters. The van der Waals surface area contributed by atoms with Crippen LogP contribution in [0.25, 0.3) is 21.3 Å². The Kier molecular flexibility index (Phi) is 5.04. The van der Waals surface area contributed by atoms with Crippen molar-refractivity contribution in [2.75, 3.05) is 18.6 Å². The third-order valence-corrected chi connectivity index (χ3v) is 5.43. The lowest BCUT2D eigenvalue weighted by molar-refractivity contribution is -0.120. The molecule has 0 N–H and O–H groups in total. The van der Waals surface area contributed by atoms with E-state index in [1.165, 1.54) is 23.2 Å². The van der Waals surface area contributed by atoms with Crippen LogP contribution in [0.2, 0.25) is 0 Å². The number of hydrogen-bond donors (Lipinski definition) is 0. The normalized spacial score (nSPS) is 10.8. The molecule has 1 amide bonds. The second-order valence-corrected chi connectivity index (χ2v) is 7.31. The molecule has 0 aliphatic heterocycles. The first-order valence-electron chi connectivity index (χ1n) is 8.87. The zero-order valence-electron chi connectivity index (χ0n) is 15.6. The van der Waals surface area contributed by atoms with Gasteiger partial charge in [-0.05, 0) is 24.6 Å². The number of thiophene rings is 1. The summed E-state index contributed by atoms with van der Waals surface area (Å²) in [7, 11) is 1.74. The Hall–Kier alpha value is -3.25. The summed E-state index contributed by atoms with van der Waals surface area (Å²) >= 11 is 1.54. The number of likely N-dealkylation sites (N-methyl/N-ethyl adjacent to an activating group) is 1. The maximum absolute atomic E-state index is 12.5. The summed E-state index contributed by atoms with van der Waals surface area (Å²) in [5, 5.41) is 2.89. The van der Waals surface area contributed by atoms with Gasteiger partial charge in [-0.1, -0.05) is 48.0 Å². The number of benzene rings is 2. The molecule has 0 saturated heterocycles. The van der Waals surface area contributed by atoms with Crippen LogP contribution in [0.5, 0.6) is 5.88 Å². The van der Waals surface area contributed by atoms with E-state index in [2.05, 4.69) is 46.5 Å². The van der Waals surface area contributed by atoms with Crippen LogP contribution in [0, 0.1) is 6.92 Å². The van der Waals surface area contributed by atoms with E-state index in [4.69, 9.17) is 4.74 Å². The molecule has 0 radical (unpaired) electrons. The van der Waals surface area contributed by atoms with Gasteiger partial charge in [-0.3, -0.25) is 4.79 Å². The Bertz CT molecular complexity index is 1110. The first-order chi connectivity index (χ1) is 13.6. The molecule has 0 spiro atoms.